The Bertz CT molecular complexity index is 509. The lowest BCUT2D eigenvalue weighted by Crippen LogP contribution is -2.26. The fourth-order valence-electron chi connectivity index (χ4n) is 1.59. The lowest BCUT2D eigenvalue weighted by atomic mass is 10.2. The summed E-state index contributed by atoms with van der Waals surface area (Å²) >= 11 is 0. The number of rotatable bonds is 5. The molecule has 0 radical (unpaired) electrons. The number of hydrogen-bond donors (Lipinski definition) is 1. The van der Waals surface area contributed by atoms with E-state index in [0.717, 1.165) is 11.3 Å². The number of aromatic nitrogens is 2. The first-order valence-electron chi connectivity index (χ1n) is 5.63. The van der Waals surface area contributed by atoms with Gasteiger partial charge >= 0.3 is 0 Å². The zero-order chi connectivity index (χ0) is 12.8. The second-order valence-corrected chi connectivity index (χ2v) is 3.86. The number of ether oxygens (including phenoxy) is 1. The van der Waals surface area contributed by atoms with Crippen LogP contribution in [0.15, 0.2) is 43.0 Å². The molecule has 94 valence electrons. The maximum absolute atomic E-state index is 11.6. The van der Waals surface area contributed by atoms with Crippen LogP contribution < -0.4 is 10.1 Å². The summed E-state index contributed by atoms with van der Waals surface area (Å²) in [5, 5.41) is 2.85. The van der Waals surface area contributed by atoms with Gasteiger partial charge in [-0.05, 0) is 17.7 Å². The molecular weight excluding hydrogens is 230 g/mol. The van der Waals surface area contributed by atoms with Crippen molar-refractivity contribution in [2.45, 2.75) is 13.1 Å². The number of amides is 1. The van der Waals surface area contributed by atoms with Gasteiger partial charge in [-0.15, -0.1) is 0 Å². The van der Waals surface area contributed by atoms with Gasteiger partial charge in [0, 0.05) is 18.9 Å². The number of imidazole rings is 1. The van der Waals surface area contributed by atoms with Crippen LogP contribution >= 0.6 is 0 Å². The molecule has 0 aliphatic carbocycles. The number of benzene rings is 1. The SMILES string of the molecule is COc1cccc(CNC(=O)Cn2ccnc2)c1. The first-order valence-corrected chi connectivity index (χ1v) is 5.63. The van der Waals surface area contributed by atoms with E-state index in [-0.39, 0.29) is 12.5 Å². The van der Waals surface area contributed by atoms with Crippen LogP contribution in [-0.4, -0.2) is 22.6 Å². The molecular formula is C13H15N3O2. The number of nitrogens with one attached hydrogen (secondary N) is 1. The predicted octanol–water partition coefficient (Wildman–Crippen LogP) is 1.21. The van der Waals surface area contributed by atoms with Gasteiger partial charge in [0.05, 0.1) is 13.4 Å². The second-order valence-electron chi connectivity index (χ2n) is 3.86. The van der Waals surface area contributed by atoms with Gasteiger partial charge in [0.2, 0.25) is 5.91 Å². The highest BCUT2D eigenvalue weighted by Crippen LogP contribution is 2.11. The summed E-state index contributed by atoms with van der Waals surface area (Å²) in [6, 6.07) is 7.62. The lowest BCUT2D eigenvalue weighted by Gasteiger charge is -2.07. The molecule has 2 aromatic rings. The Morgan fingerprint density at radius 1 is 1.50 bits per heavy atom. The molecule has 0 saturated carbocycles. The maximum Gasteiger partial charge on any atom is 0.240 e. The summed E-state index contributed by atoms with van der Waals surface area (Å²) in [6.07, 6.45) is 5.02. The average Bonchev–Trinajstić information content (AvgIpc) is 2.89. The third-order valence-corrected chi connectivity index (χ3v) is 2.51. The normalized spacial score (nSPS) is 10.1. The van der Waals surface area contributed by atoms with E-state index in [2.05, 4.69) is 10.3 Å². The van der Waals surface area contributed by atoms with Crippen molar-refractivity contribution in [2.24, 2.45) is 0 Å². The number of carbonyl (C=O) groups excluding carboxylic acids is 1. The summed E-state index contributed by atoms with van der Waals surface area (Å²) in [5.41, 5.74) is 1.01. The smallest absolute Gasteiger partial charge is 0.240 e. The Morgan fingerprint density at radius 2 is 2.39 bits per heavy atom. The topological polar surface area (TPSA) is 56.1 Å². The van der Waals surface area contributed by atoms with Crippen molar-refractivity contribution in [2.75, 3.05) is 7.11 Å². The summed E-state index contributed by atoms with van der Waals surface area (Å²) in [7, 11) is 1.62. The van der Waals surface area contributed by atoms with Crippen LogP contribution in [0.5, 0.6) is 5.75 Å². The molecule has 0 fully saturated rings. The predicted molar refractivity (Wildman–Crippen MR) is 67.1 cm³/mol. The van der Waals surface area contributed by atoms with Gasteiger partial charge in [-0.1, -0.05) is 12.1 Å². The van der Waals surface area contributed by atoms with E-state index in [9.17, 15) is 4.79 Å². The molecule has 5 nitrogen and oxygen atoms in total. The monoisotopic (exact) mass is 245 g/mol. The van der Waals surface area contributed by atoms with Crippen molar-refractivity contribution in [1.29, 1.82) is 0 Å². The van der Waals surface area contributed by atoms with Crippen LogP contribution in [0.2, 0.25) is 0 Å². The quantitative estimate of drug-likeness (QED) is 0.861. The molecule has 0 aliphatic rings. The third kappa shape index (κ3) is 3.35. The molecule has 5 heteroatoms. The van der Waals surface area contributed by atoms with Gasteiger partial charge < -0.3 is 14.6 Å². The minimum Gasteiger partial charge on any atom is -0.497 e. The van der Waals surface area contributed by atoms with E-state index in [4.69, 9.17) is 4.74 Å². The third-order valence-electron chi connectivity index (χ3n) is 2.51. The molecule has 1 aromatic carbocycles. The standard InChI is InChI=1S/C13H15N3O2/c1-18-12-4-2-3-11(7-12)8-15-13(17)9-16-6-5-14-10-16/h2-7,10H,8-9H2,1H3,(H,15,17). The highest BCUT2D eigenvalue weighted by molar-refractivity contribution is 5.75. The highest BCUT2D eigenvalue weighted by Gasteiger charge is 2.02. The fraction of sp³-hybridized carbons (Fsp3) is 0.231. The van der Waals surface area contributed by atoms with E-state index in [1.54, 1.807) is 30.4 Å². The number of carbonyl (C=O) groups is 1. The zero-order valence-electron chi connectivity index (χ0n) is 10.2. The minimum absolute atomic E-state index is 0.0455. The summed E-state index contributed by atoms with van der Waals surface area (Å²) in [4.78, 5) is 15.5. The molecule has 0 aliphatic heterocycles. The molecule has 0 atom stereocenters. The van der Waals surface area contributed by atoms with Gasteiger partial charge in [-0.3, -0.25) is 4.79 Å². The Kier molecular flexibility index (Phi) is 3.96. The van der Waals surface area contributed by atoms with Crippen LogP contribution in [0.1, 0.15) is 5.56 Å². The van der Waals surface area contributed by atoms with Crippen LogP contribution in [0.25, 0.3) is 0 Å². The van der Waals surface area contributed by atoms with E-state index in [0.29, 0.717) is 6.54 Å². The summed E-state index contributed by atoms with van der Waals surface area (Å²) in [5.74, 6) is 0.743. The van der Waals surface area contributed by atoms with Crippen molar-refractivity contribution >= 4 is 5.91 Å². The molecule has 0 spiro atoms. The van der Waals surface area contributed by atoms with Crippen molar-refractivity contribution in [1.82, 2.24) is 14.9 Å². The second kappa shape index (κ2) is 5.86. The summed E-state index contributed by atoms with van der Waals surface area (Å²) < 4.78 is 6.84. The molecule has 1 aromatic heterocycles. The first kappa shape index (κ1) is 12.2. The summed E-state index contributed by atoms with van der Waals surface area (Å²) in [6.45, 7) is 0.773. The highest BCUT2D eigenvalue weighted by atomic mass is 16.5. The number of hydrogen-bond acceptors (Lipinski definition) is 3. The Morgan fingerprint density at radius 3 is 3.11 bits per heavy atom. The van der Waals surface area contributed by atoms with Crippen molar-refractivity contribution in [3.05, 3.63) is 48.5 Å². The molecule has 2 rings (SSSR count). The molecule has 0 bridgehead atoms. The Balaban J connectivity index is 1.85. The number of nitrogens with zero attached hydrogens (tertiary/aromatic N) is 2. The lowest BCUT2D eigenvalue weighted by molar-refractivity contribution is -0.121. The molecule has 1 N–H and O–H groups in total. The van der Waals surface area contributed by atoms with Crippen molar-refractivity contribution < 1.29 is 9.53 Å². The van der Waals surface area contributed by atoms with Gasteiger partial charge in [-0.2, -0.15) is 0 Å². The Hall–Kier alpha value is -2.30. The van der Waals surface area contributed by atoms with E-state index in [1.807, 2.05) is 24.3 Å². The van der Waals surface area contributed by atoms with Crippen LogP contribution in [0.3, 0.4) is 0 Å². The molecule has 0 unspecified atom stereocenters. The van der Waals surface area contributed by atoms with Crippen molar-refractivity contribution in [3.63, 3.8) is 0 Å². The van der Waals surface area contributed by atoms with Crippen LogP contribution in [0.4, 0.5) is 0 Å². The van der Waals surface area contributed by atoms with Gasteiger partial charge in [0.25, 0.3) is 0 Å². The largest absolute Gasteiger partial charge is 0.497 e. The zero-order valence-corrected chi connectivity index (χ0v) is 10.2. The maximum atomic E-state index is 11.6. The molecule has 18 heavy (non-hydrogen) atoms. The van der Waals surface area contributed by atoms with Gasteiger partial charge in [-0.25, -0.2) is 4.98 Å². The molecule has 1 amide bonds. The first-order chi connectivity index (χ1) is 8.78. The van der Waals surface area contributed by atoms with Gasteiger partial charge in [0.15, 0.2) is 0 Å². The van der Waals surface area contributed by atoms with Gasteiger partial charge in [0.1, 0.15) is 12.3 Å². The van der Waals surface area contributed by atoms with Crippen LogP contribution in [-0.2, 0) is 17.9 Å². The number of methoxy groups -OCH3 is 1. The Labute approximate surface area is 105 Å². The van der Waals surface area contributed by atoms with E-state index in [1.165, 1.54) is 0 Å². The molecule has 1 heterocycles. The van der Waals surface area contributed by atoms with Crippen molar-refractivity contribution in [3.8, 4) is 5.75 Å². The van der Waals surface area contributed by atoms with E-state index >= 15 is 0 Å². The van der Waals surface area contributed by atoms with Crippen LogP contribution in [0, 0.1) is 0 Å². The van der Waals surface area contributed by atoms with E-state index < -0.39 is 0 Å². The average molecular weight is 245 g/mol. The molecule has 0 saturated heterocycles. The minimum atomic E-state index is -0.0455. The fourth-order valence-corrected chi connectivity index (χ4v) is 1.59.